The molecule has 1 aromatic carbocycles. The third-order valence-corrected chi connectivity index (χ3v) is 4.32. The zero-order valence-electron chi connectivity index (χ0n) is 14.2. The van der Waals surface area contributed by atoms with Crippen molar-refractivity contribution in [1.29, 1.82) is 0 Å². The number of rotatable bonds is 9. The molecule has 0 fully saturated rings. The Morgan fingerprint density at radius 3 is 2.76 bits per heavy atom. The maximum Gasteiger partial charge on any atom is 0.255 e. The van der Waals surface area contributed by atoms with E-state index in [1.165, 1.54) is 0 Å². The van der Waals surface area contributed by atoms with Crippen molar-refractivity contribution in [2.75, 3.05) is 19.7 Å². The van der Waals surface area contributed by atoms with E-state index in [0.29, 0.717) is 31.0 Å². The molecule has 0 unspecified atom stereocenters. The van der Waals surface area contributed by atoms with E-state index in [1.807, 2.05) is 24.4 Å². The largest absolute Gasteiger partial charge is 0.493 e. The summed E-state index contributed by atoms with van der Waals surface area (Å²) in [6.07, 6.45) is 1.68. The number of para-hydroxylation sites is 1. The smallest absolute Gasteiger partial charge is 0.255 e. The van der Waals surface area contributed by atoms with Crippen molar-refractivity contribution in [3.05, 3.63) is 64.9 Å². The van der Waals surface area contributed by atoms with Crippen LogP contribution in [-0.4, -0.2) is 36.4 Å². The van der Waals surface area contributed by atoms with Gasteiger partial charge in [0, 0.05) is 11.4 Å². The van der Waals surface area contributed by atoms with Gasteiger partial charge >= 0.3 is 0 Å². The topological polar surface area (TPSA) is 58.6 Å². The monoisotopic (exact) mass is 358 g/mol. The van der Waals surface area contributed by atoms with Gasteiger partial charge in [-0.1, -0.05) is 24.3 Å². The zero-order chi connectivity index (χ0) is 18.1. The third-order valence-electron chi connectivity index (χ3n) is 3.46. The standard InChI is InChI=1S/C19H22N2O3S/c1-3-11-21(14-15-8-7-12-25-15)18(22)13-20-19(23)16-9-5-6-10-17(16)24-4-2/h3,5-10,12H,1,4,11,13-14H2,2H3,(H,20,23). The summed E-state index contributed by atoms with van der Waals surface area (Å²) in [5, 5.41) is 4.65. The molecule has 0 aliphatic heterocycles. The minimum atomic E-state index is -0.327. The van der Waals surface area contributed by atoms with Gasteiger partial charge in [-0.25, -0.2) is 0 Å². The van der Waals surface area contributed by atoms with Gasteiger partial charge in [-0.15, -0.1) is 17.9 Å². The summed E-state index contributed by atoms with van der Waals surface area (Å²) in [5.41, 5.74) is 0.422. The van der Waals surface area contributed by atoms with Gasteiger partial charge in [-0.05, 0) is 30.5 Å². The first-order valence-electron chi connectivity index (χ1n) is 8.06. The molecule has 0 bridgehead atoms. The van der Waals surface area contributed by atoms with Crippen LogP contribution in [0.2, 0.25) is 0 Å². The molecule has 25 heavy (non-hydrogen) atoms. The second kappa shape index (κ2) is 9.64. The second-order valence-electron chi connectivity index (χ2n) is 5.25. The van der Waals surface area contributed by atoms with Crippen LogP contribution in [0.4, 0.5) is 0 Å². The predicted molar refractivity (Wildman–Crippen MR) is 99.9 cm³/mol. The Morgan fingerprint density at radius 1 is 1.28 bits per heavy atom. The molecule has 132 valence electrons. The molecule has 6 heteroatoms. The van der Waals surface area contributed by atoms with E-state index in [0.717, 1.165) is 4.88 Å². The summed E-state index contributed by atoms with van der Waals surface area (Å²) >= 11 is 1.59. The maximum atomic E-state index is 12.4. The Hall–Kier alpha value is -2.60. The van der Waals surface area contributed by atoms with Crippen LogP contribution in [0.1, 0.15) is 22.2 Å². The van der Waals surface area contributed by atoms with Gasteiger partial charge in [0.2, 0.25) is 5.91 Å². The first kappa shape index (κ1) is 18.7. The minimum Gasteiger partial charge on any atom is -0.493 e. The first-order valence-corrected chi connectivity index (χ1v) is 8.94. The highest BCUT2D eigenvalue weighted by atomic mass is 32.1. The van der Waals surface area contributed by atoms with Crippen LogP contribution in [-0.2, 0) is 11.3 Å². The third kappa shape index (κ3) is 5.46. The van der Waals surface area contributed by atoms with E-state index in [-0.39, 0.29) is 18.4 Å². The zero-order valence-corrected chi connectivity index (χ0v) is 15.1. The molecule has 0 aliphatic carbocycles. The van der Waals surface area contributed by atoms with Gasteiger partial charge in [0.25, 0.3) is 5.91 Å². The fourth-order valence-electron chi connectivity index (χ4n) is 2.30. The lowest BCUT2D eigenvalue weighted by Gasteiger charge is -2.21. The van der Waals surface area contributed by atoms with Gasteiger partial charge in [-0.2, -0.15) is 0 Å². The molecule has 0 aliphatic rings. The first-order chi connectivity index (χ1) is 12.2. The number of hydrogen-bond donors (Lipinski definition) is 1. The van der Waals surface area contributed by atoms with Crippen molar-refractivity contribution in [2.24, 2.45) is 0 Å². The number of amides is 2. The number of nitrogens with one attached hydrogen (secondary N) is 1. The van der Waals surface area contributed by atoms with Crippen molar-refractivity contribution < 1.29 is 14.3 Å². The number of benzene rings is 1. The Balaban J connectivity index is 1.97. The van der Waals surface area contributed by atoms with Gasteiger partial charge in [0.1, 0.15) is 5.75 Å². The van der Waals surface area contributed by atoms with Crippen molar-refractivity contribution in [1.82, 2.24) is 10.2 Å². The molecule has 2 amide bonds. The number of thiophene rings is 1. The Bertz CT molecular complexity index is 713. The number of nitrogens with zero attached hydrogens (tertiary/aromatic N) is 1. The molecule has 0 saturated heterocycles. The number of hydrogen-bond acceptors (Lipinski definition) is 4. The summed E-state index contributed by atoms with van der Waals surface area (Å²) in [6, 6.07) is 10.9. The van der Waals surface area contributed by atoms with Crippen LogP contribution in [0, 0.1) is 0 Å². The highest BCUT2D eigenvalue weighted by Gasteiger charge is 2.17. The molecule has 0 spiro atoms. The molecule has 1 aromatic heterocycles. The van der Waals surface area contributed by atoms with E-state index >= 15 is 0 Å². The van der Waals surface area contributed by atoms with Gasteiger partial charge in [0.05, 0.1) is 25.3 Å². The van der Waals surface area contributed by atoms with Gasteiger partial charge in [-0.3, -0.25) is 9.59 Å². The fraction of sp³-hybridized carbons (Fsp3) is 0.263. The summed E-state index contributed by atoms with van der Waals surface area (Å²) in [5.74, 6) is 0.0269. The number of carbonyl (C=O) groups excluding carboxylic acids is 2. The molecule has 0 radical (unpaired) electrons. The van der Waals surface area contributed by atoms with Crippen LogP contribution in [0.15, 0.2) is 54.4 Å². The molecular formula is C19H22N2O3S. The summed E-state index contributed by atoms with van der Waals surface area (Å²) in [6.45, 7) is 6.89. The fourth-order valence-corrected chi connectivity index (χ4v) is 3.02. The average molecular weight is 358 g/mol. The maximum absolute atomic E-state index is 12.4. The van der Waals surface area contributed by atoms with Crippen LogP contribution < -0.4 is 10.1 Å². The van der Waals surface area contributed by atoms with Crippen LogP contribution in [0.3, 0.4) is 0 Å². The van der Waals surface area contributed by atoms with Gasteiger partial charge in [0.15, 0.2) is 0 Å². The molecular weight excluding hydrogens is 336 g/mol. The van der Waals surface area contributed by atoms with Crippen molar-refractivity contribution in [3.8, 4) is 5.75 Å². The van der Waals surface area contributed by atoms with E-state index < -0.39 is 0 Å². The van der Waals surface area contributed by atoms with Crippen molar-refractivity contribution in [3.63, 3.8) is 0 Å². The molecule has 2 aromatic rings. The normalized spacial score (nSPS) is 10.1. The lowest BCUT2D eigenvalue weighted by Crippen LogP contribution is -2.39. The number of carbonyl (C=O) groups is 2. The van der Waals surface area contributed by atoms with Crippen LogP contribution in [0.25, 0.3) is 0 Å². The van der Waals surface area contributed by atoms with E-state index in [4.69, 9.17) is 4.74 Å². The lowest BCUT2D eigenvalue weighted by molar-refractivity contribution is -0.130. The summed E-state index contributed by atoms with van der Waals surface area (Å²) in [7, 11) is 0. The summed E-state index contributed by atoms with van der Waals surface area (Å²) in [4.78, 5) is 27.6. The summed E-state index contributed by atoms with van der Waals surface area (Å²) < 4.78 is 5.45. The quantitative estimate of drug-likeness (QED) is 0.701. The molecule has 0 saturated carbocycles. The molecule has 1 N–H and O–H groups in total. The van der Waals surface area contributed by atoms with E-state index in [2.05, 4.69) is 11.9 Å². The van der Waals surface area contributed by atoms with E-state index in [9.17, 15) is 9.59 Å². The average Bonchev–Trinajstić information content (AvgIpc) is 3.13. The highest BCUT2D eigenvalue weighted by molar-refractivity contribution is 7.09. The minimum absolute atomic E-state index is 0.0709. The Morgan fingerprint density at radius 2 is 2.08 bits per heavy atom. The SMILES string of the molecule is C=CCN(Cc1cccs1)C(=O)CNC(=O)c1ccccc1OCC. The Labute approximate surface area is 151 Å². The molecule has 0 atom stereocenters. The molecule has 2 rings (SSSR count). The van der Waals surface area contributed by atoms with Crippen molar-refractivity contribution in [2.45, 2.75) is 13.5 Å². The molecule has 5 nitrogen and oxygen atoms in total. The Kier molecular flexibility index (Phi) is 7.22. The van der Waals surface area contributed by atoms with Gasteiger partial charge < -0.3 is 15.0 Å². The lowest BCUT2D eigenvalue weighted by atomic mass is 10.2. The van der Waals surface area contributed by atoms with Crippen LogP contribution >= 0.6 is 11.3 Å². The predicted octanol–water partition coefficient (Wildman–Crippen LogP) is 3.09. The second-order valence-corrected chi connectivity index (χ2v) is 6.29. The molecule has 1 heterocycles. The number of ether oxygens (including phenoxy) is 1. The highest BCUT2D eigenvalue weighted by Crippen LogP contribution is 2.17. The van der Waals surface area contributed by atoms with Crippen molar-refractivity contribution >= 4 is 23.2 Å². The van der Waals surface area contributed by atoms with E-state index in [1.54, 1.807) is 46.6 Å². The van der Waals surface area contributed by atoms with Crippen LogP contribution in [0.5, 0.6) is 5.75 Å².